The highest BCUT2D eigenvalue weighted by molar-refractivity contribution is 7.11. The van der Waals surface area contributed by atoms with E-state index in [4.69, 9.17) is 0 Å². The third kappa shape index (κ3) is 6.34. The van der Waals surface area contributed by atoms with Gasteiger partial charge in [-0.3, -0.25) is 0 Å². The average molecular weight is 266 g/mol. The van der Waals surface area contributed by atoms with Crippen LogP contribution >= 0.6 is 11.3 Å². The van der Waals surface area contributed by atoms with E-state index in [2.05, 4.69) is 49.8 Å². The smallest absolute Gasteiger partial charge is 0.0324 e. The third-order valence-corrected chi connectivity index (χ3v) is 3.85. The highest BCUT2D eigenvalue weighted by Gasteiger charge is 2.04. The molecule has 0 unspecified atom stereocenters. The molecule has 1 heterocycles. The van der Waals surface area contributed by atoms with Crippen LogP contribution in [0.3, 0.4) is 0 Å². The molecule has 1 aromatic heterocycles. The predicted molar refractivity (Wildman–Crippen MR) is 82.1 cm³/mol. The first kappa shape index (κ1) is 15.4. The van der Waals surface area contributed by atoms with Crippen LogP contribution in [0.15, 0.2) is 24.8 Å². The zero-order chi connectivity index (χ0) is 13.4. The summed E-state index contributed by atoms with van der Waals surface area (Å²) < 4.78 is 0. The van der Waals surface area contributed by atoms with E-state index in [0.29, 0.717) is 6.04 Å². The molecule has 18 heavy (non-hydrogen) atoms. The number of nitrogens with zero attached hydrogens (tertiary/aromatic N) is 1. The molecule has 0 amide bonds. The Balaban J connectivity index is 2.31. The van der Waals surface area contributed by atoms with Crippen LogP contribution in [0, 0.1) is 0 Å². The minimum absolute atomic E-state index is 0.553. The fourth-order valence-electron chi connectivity index (χ4n) is 1.76. The van der Waals surface area contributed by atoms with Crippen molar-refractivity contribution >= 4 is 11.3 Å². The van der Waals surface area contributed by atoms with E-state index in [0.717, 1.165) is 26.1 Å². The van der Waals surface area contributed by atoms with Crippen molar-refractivity contribution in [1.29, 1.82) is 0 Å². The zero-order valence-electron chi connectivity index (χ0n) is 11.9. The van der Waals surface area contributed by atoms with Gasteiger partial charge < -0.3 is 10.2 Å². The molecule has 1 rings (SSSR count). The van der Waals surface area contributed by atoms with E-state index in [-0.39, 0.29) is 0 Å². The minimum Gasteiger partial charge on any atom is -0.310 e. The Morgan fingerprint density at radius 3 is 2.78 bits per heavy atom. The van der Waals surface area contributed by atoms with Crippen LogP contribution in [0.5, 0.6) is 0 Å². The number of hydrogen-bond donors (Lipinski definition) is 1. The van der Waals surface area contributed by atoms with Crippen molar-refractivity contribution in [1.82, 2.24) is 10.2 Å². The molecule has 0 aliphatic rings. The maximum absolute atomic E-state index is 3.76. The van der Waals surface area contributed by atoms with Crippen molar-refractivity contribution in [3.8, 4) is 0 Å². The Morgan fingerprint density at radius 1 is 1.39 bits per heavy atom. The molecular formula is C15H26N2S. The van der Waals surface area contributed by atoms with Crippen LogP contribution in [0.4, 0.5) is 0 Å². The lowest BCUT2D eigenvalue weighted by Gasteiger charge is -2.14. The lowest BCUT2D eigenvalue weighted by molar-refractivity contribution is 0.326. The Kier molecular flexibility index (Phi) is 7.25. The van der Waals surface area contributed by atoms with Gasteiger partial charge in [0.25, 0.3) is 0 Å². The van der Waals surface area contributed by atoms with Crippen LogP contribution in [-0.4, -0.2) is 24.5 Å². The van der Waals surface area contributed by atoms with Gasteiger partial charge in [0.15, 0.2) is 0 Å². The summed E-state index contributed by atoms with van der Waals surface area (Å²) in [6.45, 7) is 11.3. The summed E-state index contributed by atoms with van der Waals surface area (Å²) in [5.74, 6) is 0. The van der Waals surface area contributed by atoms with E-state index in [1.165, 1.54) is 16.2 Å². The standard InChI is InChI=1S/C15H26N2S/c1-5-6-7-10-17(4)12-15-9-8-14(18-15)11-16-13(2)3/h5,8-9,13,16H,1,6-7,10-12H2,2-4H3. The average Bonchev–Trinajstić information content (AvgIpc) is 2.74. The summed E-state index contributed by atoms with van der Waals surface area (Å²) in [7, 11) is 2.19. The van der Waals surface area contributed by atoms with E-state index in [9.17, 15) is 0 Å². The maximum atomic E-state index is 3.76. The Morgan fingerprint density at radius 2 is 2.11 bits per heavy atom. The zero-order valence-corrected chi connectivity index (χ0v) is 12.7. The quantitative estimate of drug-likeness (QED) is 0.542. The maximum Gasteiger partial charge on any atom is 0.0324 e. The van der Waals surface area contributed by atoms with E-state index >= 15 is 0 Å². The normalized spacial score (nSPS) is 11.4. The molecule has 102 valence electrons. The Hall–Kier alpha value is -0.640. The van der Waals surface area contributed by atoms with Crippen LogP contribution in [0.25, 0.3) is 0 Å². The number of allylic oxidation sites excluding steroid dienone is 1. The molecule has 0 aliphatic heterocycles. The van der Waals surface area contributed by atoms with Crippen LogP contribution in [-0.2, 0) is 13.1 Å². The first-order valence-electron chi connectivity index (χ1n) is 6.72. The first-order valence-corrected chi connectivity index (χ1v) is 7.54. The van der Waals surface area contributed by atoms with Gasteiger partial charge in [0, 0.05) is 28.9 Å². The fraction of sp³-hybridized carbons (Fsp3) is 0.600. The third-order valence-electron chi connectivity index (χ3n) is 2.78. The number of hydrogen-bond acceptors (Lipinski definition) is 3. The summed E-state index contributed by atoms with van der Waals surface area (Å²) in [6, 6.07) is 5.05. The molecule has 0 bridgehead atoms. The number of thiophene rings is 1. The molecule has 0 saturated carbocycles. The summed E-state index contributed by atoms with van der Waals surface area (Å²) in [5.41, 5.74) is 0. The molecule has 1 aromatic rings. The molecule has 0 saturated heterocycles. The molecule has 0 radical (unpaired) electrons. The highest BCUT2D eigenvalue weighted by atomic mass is 32.1. The Bertz CT molecular complexity index is 344. The van der Waals surface area contributed by atoms with Crippen molar-refractivity contribution in [2.24, 2.45) is 0 Å². The second-order valence-electron chi connectivity index (χ2n) is 5.07. The lowest BCUT2D eigenvalue weighted by atomic mass is 10.3. The second-order valence-corrected chi connectivity index (χ2v) is 6.33. The monoisotopic (exact) mass is 266 g/mol. The van der Waals surface area contributed by atoms with Crippen molar-refractivity contribution in [3.63, 3.8) is 0 Å². The molecule has 0 fully saturated rings. The van der Waals surface area contributed by atoms with Crippen LogP contribution < -0.4 is 5.32 Å². The molecule has 0 atom stereocenters. The van der Waals surface area contributed by atoms with E-state index in [1.54, 1.807) is 0 Å². The van der Waals surface area contributed by atoms with Gasteiger partial charge in [0.2, 0.25) is 0 Å². The number of nitrogens with one attached hydrogen (secondary N) is 1. The number of unbranched alkanes of at least 4 members (excludes halogenated alkanes) is 1. The topological polar surface area (TPSA) is 15.3 Å². The van der Waals surface area contributed by atoms with Crippen molar-refractivity contribution < 1.29 is 0 Å². The largest absolute Gasteiger partial charge is 0.310 e. The summed E-state index contributed by atoms with van der Waals surface area (Å²) in [4.78, 5) is 5.27. The van der Waals surface area contributed by atoms with Gasteiger partial charge in [-0.1, -0.05) is 19.9 Å². The SMILES string of the molecule is C=CCCCN(C)Cc1ccc(CNC(C)C)s1. The minimum atomic E-state index is 0.553. The highest BCUT2D eigenvalue weighted by Crippen LogP contribution is 2.18. The molecule has 2 nitrogen and oxygen atoms in total. The molecule has 1 N–H and O–H groups in total. The fourth-order valence-corrected chi connectivity index (χ4v) is 2.81. The van der Waals surface area contributed by atoms with Crippen LogP contribution in [0.1, 0.15) is 36.4 Å². The summed E-state index contributed by atoms with van der Waals surface area (Å²) >= 11 is 1.92. The van der Waals surface area contributed by atoms with Crippen molar-refractivity contribution in [2.75, 3.05) is 13.6 Å². The lowest BCUT2D eigenvalue weighted by Crippen LogP contribution is -2.21. The molecule has 0 aromatic carbocycles. The number of rotatable bonds is 9. The van der Waals surface area contributed by atoms with Gasteiger partial charge in [-0.05, 0) is 38.6 Å². The summed E-state index contributed by atoms with van der Waals surface area (Å²) in [5, 5.41) is 3.46. The van der Waals surface area contributed by atoms with E-state index in [1.807, 2.05) is 17.4 Å². The van der Waals surface area contributed by atoms with Crippen molar-refractivity contribution in [2.45, 2.75) is 45.8 Å². The Labute approximate surface area is 116 Å². The van der Waals surface area contributed by atoms with Gasteiger partial charge in [-0.15, -0.1) is 17.9 Å². The molecule has 0 spiro atoms. The molecule has 0 aliphatic carbocycles. The molecular weight excluding hydrogens is 240 g/mol. The van der Waals surface area contributed by atoms with Gasteiger partial charge in [0.1, 0.15) is 0 Å². The van der Waals surface area contributed by atoms with Gasteiger partial charge in [-0.25, -0.2) is 0 Å². The predicted octanol–water partition coefficient (Wildman–Crippen LogP) is 3.64. The first-order chi connectivity index (χ1) is 8.61. The van der Waals surface area contributed by atoms with Gasteiger partial charge in [-0.2, -0.15) is 0 Å². The van der Waals surface area contributed by atoms with Crippen LogP contribution in [0.2, 0.25) is 0 Å². The van der Waals surface area contributed by atoms with E-state index < -0.39 is 0 Å². The summed E-state index contributed by atoms with van der Waals surface area (Å²) in [6.07, 6.45) is 4.31. The molecule has 3 heteroatoms. The van der Waals surface area contributed by atoms with Crippen molar-refractivity contribution in [3.05, 3.63) is 34.5 Å². The van der Waals surface area contributed by atoms with Gasteiger partial charge >= 0.3 is 0 Å². The van der Waals surface area contributed by atoms with Gasteiger partial charge in [0.05, 0.1) is 0 Å². The second kappa shape index (κ2) is 8.46.